The zero-order chi connectivity index (χ0) is 50.8. The van der Waals surface area contributed by atoms with E-state index in [1.807, 2.05) is 79.4 Å². The Labute approximate surface area is 451 Å². The van der Waals surface area contributed by atoms with E-state index in [-0.39, 0.29) is 25.4 Å². The minimum Gasteiger partial charge on any atom is -0.390 e. The summed E-state index contributed by atoms with van der Waals surface area (Å²) in [5.74, 6) is -0.117. The molecule has 6 aromatic carbocycles. The van der Waals surface area contributed by atoms with Crippen LogP contribution in [0.4, 0.5) is 5.95 Å². The number of hydrogen-bond acceptors (Lipinski definition) is 9. The number of nitro groups is 1. The number of fused-ring (bicyclic) bond motifs is 6. The summed E-state index contributed by atoms with van der Waals surface area (Å²) in [7, 11) is 0. The Morgan fingerprint density at radius 1 is 0.382 bits per heavy atom. The molecule has 11 nitrogen and oxygen atoms in total. The van der Waals surface area contributed by atoms with E-state index in [9.17, 15) is 10.1 Å². The molecular formula is C64H47N9O2Ru+2. The molecule has 0 aliphatic rings. The summed E-state index contributed by atoms with van der Waals surface area (Å²) in [6.45, 7) is 0.553. The summed E-state index contributed by atoms with van der Waals surface area (Å²) in [6, 6.07) is 68.3. The Morgan fingerprint density at radius 2 is 0.763 bits per heavy atom. The van der Waals surface area contributed by atoms with Crippen LogP contribution in [0.1, 0.15) is 12.0 Å². The minimum atomic E-state index is -0.467. The van der Waals surface area contributed by atoms with Crippen LogP contribution in [0.2, 0.25) is 0 Å². The Balaban J connectivity index is 0.000000129. The van der Waals surface area contributed by atoms with Gasteiger partial charge in [0.25, 0.3) is 0 Å². The van der Waals surface area contributed by atoms with E-state index in [4.69, 9.17) is 0 Å². The van der Waals surface area contributed by atoms with Crippen molar-refractivity contribution in [2.24, 2.45) is 0 Å². The standard InChI is InChI=1S/2C24H16N2.C16H15N5O2.Ru/c2*1-3-7-17(8-4-1)19-13-15-25-23-21(19)11-12-22-20(14-16-26-24(22)23)18-9-5-2-6-10-18;22-21(23)16-19-9-11-20(16)10-3-4-13-6-8-18-15(12-13)14-5-1-2-7-17-14;/h2*1-16H;1-2,5-9,11-12H,3-4,10H2;/q;;;+2. The van der Waals surface area contributed by atoms with Gasteiger partial charge in [-0.25, -0.2) is 4.57 Å². The Morgan fingerprint density at radius 3 is 1.14 bits per heavy atom. The van der Waals surface area contributed by atoms with Crippen molar-refractivity contribution in [3.63, 3.8) is 0 Å². The topological polar surface area (TPSA) is 138 Å². The van der Waals surface area contributed by atoms with Gasteiger partial charge in [-0.05, 0) is 116 Å². The smallest absolute Gasteiger partial charge is 0.390 e. The molecule has 7 aromatic heterocycles. The molecule has 0 unspecified atom stereocenters. The number of aromatic nitrogens is 8. The van der Waals surface area contributed by atoms with Crippen molar-refractivity contribution in [1.82, 2.24) is 39.5 Å². The van der Waals surface area contributed by atoms with Crippen LogP contribution in [0, 0.1) is 10.1 Å². The fourth-order valence-electron chi connectivity index (χ4n) is 9.52. The van der Waals surface area contributed by atoms with Gasteiger partial charge in [0.1, 0.15) is 12.4 Å². The molecule has 13 rings (SSSR count). The first-order chi connectivity index (χ1) is 37.1. The Hall–Kier alpha value is -9.51. The van der Waals surface area contributed by atoms with Crippen LogP contribution >= 0.6 is 0 Å². The van der Waals surface area contributed by atoms with E-state index in [0.29, 0.717) is 6.54 Å². The maximum atomic E-state index is 10.8. The van der Waals surface area contributed by atoms with Crippen LogP contribution in [-0.2, 0) is 32.4 Å². The maximum Gasteiger partial charge on any atom is 2.00 e. The number of nitrogens with zero attached hydrogens (tertiary/aromatic N) is 9. The van der Waals surface area contributed by atoms with E-state index in [1.54, 1.807) is 23.2 Å². The number of imidazole rings is 1. The predicted octanol–water partition coefficient (Wildman–Crippen LogP) is 15.1. The van der Waals surface area contributed by atoms with Crippen LogP contribution < -0.4 is 0 Å². The third-order valence-corrected chi connectivity index (χ3v) is 13.1. The van der Waals surface area contributed by atoms with E-state index < -0.39 is 4.92 Å². The molecule has 0 bridgehead atoms. The molecular weight excluding hydrogens is 1030 g/mol. The van der Waals surface area contributed by atoms with Gasteiger partial charge in [-0.1, -0.05) is 157 Å². The fourth-order valence-corrected chi connectivity index (χ4v) is 9.52. The van der Waals surface area contributed by atoms with Gasteiger partial charge in [0.2, 0.25) is 0 Å². The SMILES string of the molecule is O=[N+]([O-])c1nccn1CCCc1ccnc(-c2ccccn2)c1.[Ru+2].c1ccc(-c2ccnc3c2ccc2c(-c4ccccc4)ccnc23)cc1.c1ccc(-c2ccnc3c2ccc2c(-c4ccccc4)ccnc23)cc1. The van der Waals surface area contributed by atoms with Crippen LogP contribution in [0.5, 0.6) is 0 Å². The van der Waals surface area contributed by atoms with Crippen molar-refractivity contribution >= 4 is 49.6 Å². The normalized spacial score (nSPS) is 10.8. The van der Waals surface area contributed by atoms with Gasteiger partial charge in [0, 0.05) is 58.7 Å². The third-order valence-electron chi connectivity index (χ3n) is 13.1. The van der Waals surface area contributed by atoms with Gasteiger partial charge in [-0.3, -0.25) is 29.9 Å². The molecule has 0 radical (unpaired) electrons. The summed E-state index contributed by atoms with van der Waals surface area (Å²) < 4.78 is 1.56. The molecule has 0 amide bonds. The van der Waals surface area contributed by atoms with Gasteiger partial charge in [-0.15, -0.1) is 0 Å². The van der Waals surface area contributed by atoms with Gasteiger partial charge in [0.15, 0.2) is 0 Å². The van der Waals surface area contributed by atoms with Crippen molar-refractivity contribution in [2.45, 2.75) is 19.4 Å². The Kier molecular flexibility index (Phi) is 15.5. The summed E-state index contributed by atoms with van der Waals surface area (Å²) in [6.07, 6.45) is 15.7. The number of hydrogen-bond donors (Lipinski definition) is 0. The molecule has 0 saturated carbocycles. The molecule has 0 spiro atoms. The number of pyridine rings is 6. The largest absolute Gasteiger partial charge is 2.00 e. The average molecular weight is 1080 g/mol. The molecule has 13 aromatic rings. The molecule has 0 aliphatic carbocycles. The molecule has 0 aliphatic heterocycles. The van der Waals surface area contributed by atoms with Gasteiger partial charge in [0.05, 0.1) is 40.0 Å². The monoisotopic (exact) mass is 1080 g/mol. The predicted molar refractivity (Wildman–Crippen MR) is 301 cm³/mol. The maximum absolute atomic E-state index is 10.8. The van der Waals surface area contributed by atoms with Crippen LogP contribution in [0.15, 0.2) is 250 Å². The summed E-state index contributed by atoms with van der Waals surface area (Å²) in [4.78, 5) is 41.4. The van der Waals surface area contributed by atoms with Crippen molar-refractivity contribution < 1.29 is 24.4 Å². The quantitative estimate of drug-likeness (QED) is 0.0567. The minimum absolute atomic E-state index is 0. The second-order valence-corrected chi connectivity index (χ2v) is 17.7. The van der Waals surface area contributed by atoms with Crippen molar-refractivity contribution in [2.75, 3.05) is 0 Å². The summed E-state index contributed by atoms with van der Waals surface area (Å²) in [5, 5.41) is 15.3. The first-order valence-corrected chi connectivity index (χ1v) is 24.6. The average Bonchev–Trinajstić information content (AvgIpc) is 3.97. The van der Waals surface area contributed by atoms with E-state index in [0.717, 1.165) is 73.4 Å². The molecule has 76 heavy (non-hydrogen) atoms. The molecule has 0 N–H and O–H groups in total. The zero-order valence-electron chi connectivity index (χ0n) is 41.0. The van der Waals surface area contributed by atoms with Gasteiger partial charge < -0.3 is 10.1 Å². The second-order valence-electron chi connectivity index (χ2n) is 17.7. The van der Waals surface area contributed by atoms with Crippen LogP contribution in [0.3, 0.4) is 0 Å². The second kappa shape index (κ2) is 23.6. The van der Waals surface area contributed by atoms with E-state index in [2.05, 4.69) is 180 Å². The third kappa shape index (κ3) is 10.9. The molecule has 12 heteroatoms. The number of aryl methyl sites for hydroxylation is 2. The van der Waals surface area contributed by atoms with Crippen LogP contribution in [0.25, 0.3) is 99.5 Å². The summed E-state index contributed by atoms with van der Waals surface area (Å²) >= 11 is 0. The number of benzene rings is 6. The van der Waals surface area contributed by atoms with Gasteiger partial charge >= 0.3 is 25.4 Å². The molecule has 366 valence electrons. The van der Waals surface area contributed by atoms with Crippen LogP contribution in [-0.4, -0.2) is 44.4 Å². The Bertz CT molecular complexity index is 3680. The first-order valence-electron chi connectivity index (χ1n) is 24.6. The van der Waals surface area contributed by atoms with Crippen molar-refractivity contribution in [3.05, 3.63) is 265 Å². The molecule has 7 heterocycles. The first kappa shape index (κ1) is 50.0. The molecule has 0 saturated heterocycles. The zero-order valence-corrected chi connectivity index (χ0v) is 42.7. The molecule has 0 atom stereocenters. The summed E-state index contributed by atoms with van der Waals surface area (Å²) in [5.41, 5.74) is 16.1. The van der Waals surface area contributed by atoms with Gasteiger partial charge in [-0.2, -0.15) is 0 Å². The number of rotatable bonds is 10. The fraction of sp³-hybridized carbons (Fsp3) is 0.0469. The molecule has 0 fully saturated rings. The van der Waals surface area contributed by atoms with E-state index in [1.165, 1.54) is 50.7 Å². The van der Waals surface area contributed by atoms with E-state index >= 15 is 0 Å². The van der Waals surface area contributed by atoms with Crippen molar-refractivity contribution in [1.29, 1.82) is 0 Å². The van der Waals surface area contributed by atoms with Crippen molar-refractivity contribution in [3.8, 4) is 55.9 Å².